The highest BCUT2D eigenvalue weighted by atomic mass is 35.5. The molecule has 0 fully saturated rings. The Hall–Kier alpha value is -2.34. The molecule has 2 rings (SSSR count). The number of nitrogens with one attached hydrogen (secondary N) is 1. The van der Waals surface area contributed by atoms with Crippen LogP contribution in [0.15, 0.2) is 36.7 Å². The van der Waals surface area contributed by atoms with Crippen molar-refractivity contribution in [3.8, 4) is 0 Å². The molecule has 6 nitrogen and oxygen atoms in total. The Morgan fingerprint density at radius 1 is 1.32 bits per heavy atom. The third-order valence-electron chi connectivity index (χ3n) is 2.29. The fraction of sp³-hybridized carbons (Fsp3) is 0.0833. The van der Waals surface area contributed by atoms with E-state index in [1.807, 2.05) is 0 Å². The summed E-state index contributed by atoms with van der Waals surface area (Å²) in [4.78, 5) is 22.3. The smallest absolute Gasteiger partial charge is 0.325 e. The molecule has 0 saturated heterocycles. The lowest BCUT2D eigenvalue weighted by molar-refractivity contribution is -0.137. The van der Waals surface area contributed by atoms with Crippen LogP contribution in [-0.4, -0.2) is 26.8 Å². The van der Waals surface area contributed by atoms with Gasteiger partial charge in [0.25, 0.3) is 5.91 Å². The van der Waals surface area contributed by atoms with Crippen molar-refractivity contribution in [3.63, 3.8) is 0 Å². The van der Waals surface area contributed by atoms with E-state index in [9.17, 15) is 9.59 Å². The van der Waals surface area contributed by atoms with Crippen molar-refractivity contribution in [2.24, 2.45) is 0 Å². The van der Waals surface area contributed by atoms with Crippen LogP contribution in [0.4, 0.5) is 5.69 Å². The summed E-state index contributed by atoms with van der Waals surface area (Å²) in [6, 6.07) is 6.42. The van der Waals surface area contributed by atoms with Crippen LogP contribution in [0, 0.1) is 0 Å². The summed E-state index contributed by atoms with van der Waals surface area (Å²) in [6.45, 7) is -0.253. The number of carboxylic acids is 1. The lowest BCUT2D eigenvalue weighted by Crippen LogP contribution is -2.11. The minimum atomic E-state index is -1.00. The Balaban J connectivity index is 2.04. The first-order valence-electron chi connectivity index (χ1n) is 5.36. The fourth-order valence-corrected chi connectivity index (χ4v) is 1.58. The number of amides is 1. The van der Waals surface area contributed by atoms with Crippen molar-refractivity contribution in [3.05, 3.63) is 47.2 Å². The lowest BCUT2D eigenvalue weighted by Gasteiger charge is -2.02. The molecule has 7 heteroatoms. The summed E-state index contributed by atoms with van der Waals surface area (Å²) in [5, 5.41) is 15.6. The molecule has 0 aliphatic carbocycles. The second-order valence-corrected chi connectivity index (χ2v) is 4.22. The third-order valence-corrected chi connectivity index (χ3v) is 2.55. The van der Waals surface area contributed by atoms with Crippen LogP contribution < -0.4 is 5.32 Å². The van der Waals surface area contributed by atoms with Gasteiger partial charge in [-0.2, -0.15) is 5.10 Å². The van der Waals surface area contributed by atoms with Gasteiger partial charge < -0.3 is 10.4 Å². The maximum Gasteiger partial charge on any atom is 0.325 e. The van der Waals surface area contributed by atoms with Crippen LogP contribution in [0.5, 0.6) is 0 Å². The molecule has 1 heterocycles. The molecule has 1 aromatic heterocycles. The number of halogens is 1. The van der Waals surface area contributed by atoms with Crippen LogP contribution in [0.2, 0.25) is 5.02 Å². The van der Waals surface area contributed by atoms with E-state index in [4.69, 9.17) is 16.7 Å². The molecule has 0 bridgehead atoms. The molecule has 1 amide bonds. The lowest BCUT2D eigenvalue weighted by atomic mass is 10.2. The van der Waals surface area contributed by atoms with Gasteiger partial charge in [0.05, 0.1) is 11.9 Å². The second-order valence-electron chi connectivity index (χ2n) is 3.78. The maximum atomic E-state index is 11.8. The van der Waals surface area contributed by atoms with Gasteiger partial charge >= 0.3 is 5.97 Å². The number of hydrogen-bond acceptors (Lipinski definition) is 3. The molecule has 2 N–H and O–H groups in total. The molecular weight excluding hydrogens is 270 g/mol. The van der Waals surface area contributed by atoms with Crippen LogP contribution in [-0.2, 0) is 11.3 Å². The number of rotatable bonds is 4. The van der Waals surface area contributed by atoms with Gasteiger partial charge in [0.15, 0.2) is 0 Å². The van der Waals surface area contributed by atoms with E-state index in [2.05, 4.69) is 10.4 Å². The van der Waals surface area contributed by atoms with Gasteiger partial charge in [0, 0.05) is 16.8 Å². The number of carbonyl (C=O) groups excluding carboxylic acids is 1. The Labute approximate surface area is 113 Å². The third kappa shape index (κ3) is 3.56. The van der Waals surface area contributed by atoms with E-state index in [0.717, 1.165) is 0 Å². The zero-order valence-electron chi connectivity index (χ0n) is 9.71. The topological polar surface area (TPSA) is 84.2 Å². The number of carboxylic acid groups (broad SMARTS) is 1. The number of benzene rings is 1. The molecule has 19 heavy (non-hydrogen) atoms. The molecule has 98 valence electrons. The molecule has 0 aliphatic rings. The molecule has 0 radical (unpaired) electrons. The largest absolute Gasteiger partial charge is 0.480 e. The van der Waals surface area contributed by atoms with Crippen molar-refractivity contribution in [1.29, 1.82) is 0 Å². The van der Waals surface area contributed by atoms with E-state index >= 15 is 0 Å². The minimum Gasteiger partial charge on any atom is -0.480 e. The minimum absolute atomic E-state index is 0.253. The van der Waals surface area contributed by atoms with Gasteiger partial charge in [-0.25, -0.2) is 0 Å². The van der Waals surface area contributed by atoms with Crippen LogP contribution in [0.1, 0.15) is 10.4 Å². The van der Waals surface area contributed by atoms with E-state index in [1.54, 1.807) is 24.3 Å². The highest BCUT2D eigenvalue weighted by molar-refractivity contribution is 6.30. The number of nitrogens with zero attached hydrogens (tertiary/aromatic N) is 2. The van der Waals surface area contributed by atoms with E-state index < -0.39 is 5.97 Å². The number of aromatic nitrogens is 2. The first-order chi connectivity index (χ1) is 9.04. The van der Waals surface area contributed by atoms with Crippen molar-refractivity contribution in [1.82, 2.24) is 9.78 Å². The van der Waals surface area contributed by atoms with Crippen LogP contribution >= 0.6 is 11.6 Å². The number of anilines is 1. The summed E-state index contributed by atoms with van der Waals surface area (Å²) in [5.74, 6) is -1.31. The van der Waals surface area contributed by atoms with Crippen LogP contribution in [0.25, 0.3) is 0 Å². The average molecular weight is 280 g/mol. The number of aliphatic carboxylic acids is 1. The summed E-state index contributed by atoms with van der Waals surface area (Å²) in [7, 11) is 0. The van der Waals surface area contributed by atoms with E-state index in [0.29, 0.717) is 16.3 Å². The Morgan fingerprint density at radius 2 is 2.00 bits per heavy atom. The van der Waals surface area contributed by atoms with Gasteiger partial charge in [0.2, 0.25) is 0 Å². The highest BCUT2D eigenvalue weighted by Crippen LogP contribution is 2.12. The predicted molar refractivity (Wildman–Crippen MR) is 69.3 cm³/mol. The normalized spacial score (nSPS) is 10.2. The van der Waals surface area contributed by atoms with Crippen LogP contribution in [0.3, 0.4) is 0 Å². The summed E-state index contributed by atoms with van der Waals surface area (Å²) >= 11 is 5.73. The molecule has 0 unspecified atom stereocenters. The first-order valence-corrected chi connectivity index (χ1v) is 5.73. The standard InChI is InChI=1S/C12H10ClN3O3/c13-9-3-1-8(2-4-9)12(19)15-10-5-14-16(6-10)7-11(17)18/h1-6H,7H2,(H,15,19)(H,17,18). The Kier molecular flexibility index (Phi) is 3.82. The maximum absolute atomic E-state index is 11.8. The second kappa shape index (κ2) is 5.53. The monoisotopic (exact) mass is 279 g/mol. The van der Waals surface area contributed by atoms with Crippen molar-refractivity contribution in [2.75, 3.05) is 5.32 Å². The zero-order chi connectivity index (χ0) is 13.8. The average Bonchev–Trinajstić information content (AvgIpc) is 2.76. The Morgan fingerprint density at radius 3 is 2.63 bits per heavy atom. The zero-order valence-corrected chi connectivity index (χ0v) is 10.5. The van der Waals surface area contributed by atoms with E-state index in [-0.39, 0.29) is 12.5 Å². The first kappa shape index (κ1) is 13.1. The van der Waals surface area contributed by atoms with Crippen molar-refractivity contribution < 1.29 is 14.7 Å². The highest BCUT2D eigenvalue weighted by Gasteiger charge is 2.08. The van der Waals surface area contributed by atoms with Gasteiger partial charge in [-0.1, -0.05) is 11.6 Å². The molecule has 0 aliphatic heterocycles. The summed E-state index contributed by atoms with van der Waals surface area (Å²) in [6.07, 6.45) is 2.83. The molecule has 0 atom stereocenters. The fourth-order valence-electron chi connectivity index (χ4n) is 1.46. The van der Waals surface area contributed by atoms with Gasteiger partial charge in [-0.05, 0) is 24.3 Å². The number of carbonyl (C=O) groups is 2. The SMILES string of the molecule is O=C(O)Cn1cc(NC(=O)c2ccc(Cl)cc2)cn1. The number of hydrogen-bond donors (Lipinski definition) is 2. The van der Waals surface area contributed by atoms with Gasteiger partial charge in [0.1, 0.15) is 6.54 Å². The van der Waals surface area contributed by atoms with E-state index in [1.165, 1.54) is 17.1 Å². The molecule has 1 aromatic carbocycles. The molecule has 0 saturated carbocycles. The molecule has 2 aromatic rings. The van der Waals surface area contributed by atoms with Gasteiger partial charge in [-0.3, -0.25) is 14.3 Å². The van der Waals surface area contributed by atoms with Crippen molar-refractivity contribution in [2.45, 2.75) is 6.54 Å². The summed E-state index contributed by atoms with van der Waals surface area (Å²) in [5.41, 5.74) is 0.886. The predicted octanol–water partition coefficient (Wildman–Crippen LogP) is 1.87. The van der Waals surface area contributed by atoms with Gasteiger partial charge in [-0.15, -0.1) is 0 Å². The summed E-state index contributed by atoms with van der Waals surface area (Å²) < 4.78 is 1.22. The quantitative estimate of drug-likeness (QED) is 0.895. The molecule has 0 spiro atoms. The molecular formula is C12H10ClN3O3. The Bertz CT molecular complexity index is 607. The van der Waals surface area contributed by atoms with Crippen molar-refractivity contribution >= 4 is 29.2 Å².